The van der Waals surface area contributed by atoms with E-state index in [1.807, 2.05) is 45.0 Å². The smallest absolute Gasteiger partial charge is 0.356 e. The fourth-order valence-corrected chi connectivity index (χ4v) is 2.06. The molecule has 0 amide bonds. The molecule has 0 atom stereocenters. The quantitative estimate of drug-likeness (QED) is 0.638. The second kappa shape index (κ2) is 6.31. The highest BCUT2D eigenvalue weighted by Crippen LogP contribution is 2.23. The molecular weight excluding hydrogens is 264 g/mol. The molecule has 0 saturated heterocycles. The first-order valence-electron chi connectivity index (χ1n) is 6.70. The zero-order valence-corrected chi connectivity index (χ0v) is 12.7. The summed E-state index contributed by atoms with van der Waals surface area (Å²) >= 11 is 0. The van der Waals surface area contributed by atoms with Crippen molar-refractivity contribution >= 4 is 17.4 Å². The number of carbonyl (C=O) groups excluding carboxylic acids is 1. The van der Waals surface area contributed by atoms with Crippen LogP contribution >= 0.6 is 0 Å². The number of aryl methyl sites for hydroxylation is 2. The summed E-state index contributed by atoms with van der Waals surface area (Å²) in [7, 11) is 1.34. The Morgan fingerprint density at radius 1 is 1.05 bits per heavy atom. The number of hydrogen-bond acceptors (Lipinski definition) is 4. The van der Waals surface area contributed by atoms with E-state index in [0.29, 0.717) is 5.69 Å². The van der Waals surface area contributed by atoms with Crippen molar-refractivity contribution in [1.29, 1.82) is 0 Å². The Morgan fingerprint density at radius 3 is 2.24 bits per heavy atom. The third-order valence-corrected chi connectivity index (χ3v) is 3.23. The van der Waals surface area contributed by atoms with E-state index in [9.17, 15) is 4.79 Å². The Labute approximate surface area is 124 Å². The number of benzene rings is 1. The van der Waals surface area contributed by atoms with Crippen LogP contribution in [0.1, 0.15) is 34.2 Å². The minimum absolute atomic E-state index is 0.283. The van der Waals surface area contributed by atoms with Gasteiger partial charge in [-0.3, -0.25) is 4.99 Å². The molecule has 0 aliphatic rings. The normalized spacial score (nSPS) is 11.3. The lowest BCUT2D eigenvalue weighted by atomic mass is 10.1. The first kappa shape index (κ1) is 14.9. The molecule has 1 heterocycles. The number of carbonyl (C=O) groups is 1. The van der Waals surface area contributed by atoms with Crippen LogP contribution in [0.5, 0.6) is 0 Å². The number of pyridine rings is 1. The van der Waals surface area contributed by atoms with Crippen molar-refractivity contribution in [2.45, 2.75) is 20.8 Å². The number of aliphatic imine (C=N–C) groups is 1. The van der Waals surface area contributed by atoms with E-state index in [-0.39, 0.29) is 5.69 Å². The second-order valence-corrected chi connectivity index (χ2v) is 4.84. The van der Waals surface area contributed by atoms with Crippen LogP contribution < -0.4 is 0 Å². The third-order valence-electron chi connectivity index (χ3n) is 3.23. The summed E-state index contributed by atoms with van der Waals surface area (Å²) in [5, 5.41) is 0. The molecule has 4 nitrogen and oxygen atoms in total. The number of nitrogens with zero attached hydrogens (tertiary/aromatic N) is 2. The Hall–Kier alpha value is -2.49. The Morgan fingerprint density at radius 2 is 1.62 bits per heavy atom. The summed E-state index contributed by atoms with van der Waals surface area (Å²) in [5.74, 6) is -0.447. The fourth-order valence-electron chi connectivity index (χ4n) is 2.06. The molecule has 4 heteroatoms. The fraction of sp³-hybridized carbons (Fsp3) is 0.235. The van der Waals surface area contributed by atoms with E-state index in [1.165, 1.54) is 7.11 Å². The maximum atomic E-state index is 11.5. The van der Waals surface area contributed by atoms with Crippen molar-refractivity contribution in [1.82, 2.24) is 4.98 Å². The van der Waals surface area contributed by atoms with Gasteiger partial charge in [-0.1, -0.05) is 24.3 Å². The first-order valence-corrected chi connectivity index (χ1v) is 6.70. The van der Waals surface area contributed by atoms with Gasteiger partial charge in [0.1, 0.15) is 5.69 Å². The average Bonchev–Trinajstić information content (AvgIpc) is 2.50. The summed E-state index contributed by atoms with van der Waals surface area (Å²) in [6.45, 7) is 5.93. The molecule has 0 radical (unpaired) electrons. The number of rotatable bonds is 3. The van der Waals surface area contributed by atoms with Gasteiger partial charge in [-0.25, -0.2) is 9.78 Å². The maximum absolute atomic E-state index is 11.5. The lowest BCUT2D eigenvalue weighted by molar-refractivity contribution is 0.0594. The first-order chi connectivity index (χ1) is 10.0. The zero-order valence-electron chi connectivity index (χ0n) is 12.7. The van der Waals surface area contributed by atoms with Gasteiger partial charge < -0.3 is 4.74 Å². The van der Waals surface area contributed by atoms with Gasteiger partial charge in [-0.15, -0.1) is 0 Å². The van der Waals surface area contributed by atoms with Crippen LogP contribution in [0.25, 0.3) is 0 Å². The lowest BCUT2D eigenvalue weighted by Gasteiger charge is -2.07. The molecule has 2 aromatic rings. The molecule has 0 N–H and O–H groups in total. The number of ether oxygens (including phenoxy) is 1. The maximum Gasteiger partial charge on any atom is 0.356 e. The van der Waals surface area contributed by atoms with Crippen molar-refractivity contribution < 1.29 is 9.53 Å². The summed E-state index contributed by atoms with van der Waals surface area (Å²) in [5.41, 5.74) is 4.88. The molecule has 0 spiro atoms. The van der Waals surface area contributed by atoms with Crippen molar-refractivity contribution in [2.75, 3.05) is 7.11 Å². The van der Waals surface area contributed by atoms with Crippen LogP contribution in [-0.2, 0) is 4.74 Å². The molecule has 0 saturated carbocycles. The van der Waals surface area contributed by atoms with Crippen LogP contribution in [-0.4, -0.2) is 23.8 Å². The van der Waals surface area contributed by atoms with Crippen LogP contribution in [0.4, 0.5) is 5.69 Å². The number of methoxy groups -OCH3 is 1. The molecule has 1 aromatic heterocycles. The highest BCUT2D eigenvalue weighted by atomic mass is 16.5. The SMILES string of the molecule is COC(=O)c1cccc(C(C)=Nc2c(C)cccc2C)n1. The number of hydrogen-bond donors (Lipinski definition) is 0. The van der Waals surface area contributed by atoms with E-state index >= 15 is 0 Å². The summed E-state index contributed by atoms with van der Waals surface area (Å²) < 4.78 is 4.69. The van der Waals surface area contributed by atoms with E-state index in [2.05, 4.69) is 14.7 Å². The van der Waals surface area contributed by atoms with Crippen LogP contribution in [0.3, 0.4) is 0 Å². The molecule has 21 heavy (non-hydrogen) atoms. The van der Waals surface area contributed by atoms with Gasteiger partial charge in [-0.05, 0) is 44.0 Å². The minimum Gasteiger partial charge on any atom is -0.464 e. The van der Waals surface area contributed by atoms with E-state index in [4.69, 9.17) is 0 Å². The third kappa shape index (κ3) is 3.34. The molecule has 108 valence electrons. The summed E-state index contributed by atoms with van der Waals surface area (Å²) in [4.78, 5) is 20.5. The van der Waals surface area contributed by atoms with Gasteiger partial charge in [0.05, 0.1) is 24.2 Å². The van der Waals surface area contributed by atoms with Crippen LogP contribution in [0.15, 0.2) is 41.4 Å². The van der Waals surface area contributed by atoms with Crippen LogP contribution in [0.2, 0.25) is 0 Å². The van der Waals surface area contributed by atoms with E-state index in [0.717, 1.165) is 22.5 Å². The Bertz CT molecular complexity index is 685. The zero-order chi connectivity index (χ0) is 15.4. The van der Waals surface area contributed by atoms with E-state index < -0.39 is 5.97 Å². The lowest BCUT2D eigenvalue weighted by Crippen LogP contribution is -2.08. The van der Waals surface area contributed by atoms with Gasteiger partial charge in [0.25, 0.3) is 0 Å². The topological polar surface area (TPSA) is 51.5 Å². The van der Waals surface area contributed by atoms with Crippen molar-refractivity contribution in [3.63, 3.8) is 0 Å². The van der Waals surface area contributed by atoms with Gasteiger partial charge in [0.2, 0.25) is 0 Å². The van der Waals surface area contributed by atoms with Gasteiger partial charge in [0.15, 0.2) is 0 Å². The van der Waals surface area contributed by atoms with Crippen molar-refractivity contribution in [3.05, 3.63) is 58.9 Å². The molecule has 2 rings (SSSR count). The standard InChI is InChI=1S/C17H18N2O2/c1-11-7-5-8-12(2)16(11)18-13(3)14-9-6-10-15(19-14)17(20)21-4/h5-10H,1-4H3. The average molecular weight is 282 g/mol. The van der Waals surface area contributed by atoms with E-state index in [1.54, 1.807) is 12.1 Å². The Balaban J connectivity index is 2.42. The molecule has 0 bridgehead atoms. The highest BCUT2D eigenvalue weighted by molar-refractivity contribution is 6.00. The molecule has 1 aromatic carbocycles. The molecule has 0 aliphatic carbocycles. The van der Waals surface area contributed by atoms with Crippen LogP contribution in [0, 0.1) is 13.8 Å². The summed E-state index contributed by atoms with van der Waals surface area (Å²) in [6, 6.07) is 11.3. The van der Waals surface area contributed by atoms with Gasteiger partial charge >= 0.3 is 5.97 Å². The number of para-hydroxylation sites is 1. The minimum atomic E-state index is -0.447. The highest BCUT2D eigenvalue weighted by Gasteiger charge is 2.09. The molecule has 0 unspecified atom stereocenters. The number of aromatic nitrogens is 1. The molecule has 0 aliphatic heterocycles. The largest absolute Gasteiger partial charge is 0.464 e. The Kier molecular flexibility index (Phi) is 4.48. The van der Waals surface area contributed by atoms with Crippen molar-refractivity contribution in [3.8, 4) is 0 Å². The monoisotopic (exact) mass is 282 g/mol. The molecular formula is C17H18N2O2. The predicted octanol–water partition coefficient (Wildman–Crippen LogP) is 3.63. The second-order valence-electron chi connectivity index (χ2n) is 4.84. The van der Waals surface area contributed by atoms with Gasteiger partial charge in [0, 0.05) is 0 Å². The van der Waals surface area contributed by atoms with Crippen molar-refractivity contribution in [2.24, 2.45) is 4.99 Å². The van der Waals surface area contributed by atoms with Gasteiger partial charge in [-0.2, -0.15) is 0 Å². The summed E-state index contributed by atoms with van der Waals surface area (Å²) in [6.07, 6.45) is 0. The predicted molar refractivity (Wildman–Crippen MR) is 83.4 cm³/mol. The molecule has 0 fully saturated rings. The number of esters is 1.